The summed E-state index contributed by atoms with van der Waals surface area (Å²) in [5.41, 5.74) is 7.61. The number of hydrogen-bond acceptors (Lipinski definition) is 2. The van der Waals surface area contributed by atoms with Crippen molar-refractivity contribution in [1.82, 2.24) is 9.38 Å². The number of pyridine rings is 1. The predicted molar refractivity (Wildman–Crippen MR) is 66.8 cm³/mol. The largest absolute Gasteiger partial charge is 0.326 e. The van der Waals surface area contributed by atoms with Crippen LogP contribution in [0.5, 0.6) is 0 Å². The van der Waals surface area contributed by atoms with E-state index in [2.05, 4.69) is 25.8 Å². The average Bonchev–Trinajstić information content (AvgIpc) is 2.55. The van der Waals surface area contributed by atoms with Crippen molar-refractivity contribution < 1.29 is 0 Å². The zero-order valence-corrected chi connectivity index (χ0v) is 10.5. The summed E-state index contributed by atoms with van der Waals surface area (Å²) in [6.45, 7) is 6.88. The molecule has 0 radical (unpaired) electrons. The van der Waals surface area contributed by atoms with E-state index < -0.39 is 0 Å². The summed E-state index contributed by atoms with van der Waals surface area (Å²) in [5.74, 6) is 0.961. The van der Waals surface area contributed by atoms with Gasteiger partial charge in [0.2, 0.25) is 0 Å². The second-order valence-electron chi connectivity index (χ2n) is 4.97. The van der Waals surface area contributed by atoms with E-state index >= 15 is 0 Å². The first-order valence-corrected chi connectivity index (χ1v) is 5.68. The second kappa shape index (κ2) is 3.75. The van der Waals surface area contributed by atoms with E-state index in [9.17, 15) is 0 Å². The molecule has 0 saturated heterocycles. The van der Waals surface area contributed by atoms with E-state index in [-0.39, 0.29) is 5.41 Å². The first kappa shape index (κ1) is 11.4. The lowest BCUT2D eigenvalue weighted by Gasteiger charge is -2.16. The lowest BCUT2D eigenvalue weighted by atomic mass is 9.96. The van der Waals surface area contributed by atoms with Gasteiger partial charge < -0.3 is 10.1 Å². The number of fused-ring (bicyclic) bond motifs is 1. The molecule has 2 aromatic rings. The Bertz CT molecular complexity index is 523. The molecule has 0 aliphatic rings. The number of imidazole rings is 1. The Balaban J connectivity index is 2.75. The van der Waals surface area contributed by atoms with Crippen molar-refractivity contribution in [3.05, 3.63) is 34.9 Å². The van der Waals surface area contributed by atoms with Gasteiger partial charge in [0.1, 0.15) is 5.82 Å². The van der Waals surface area contributed by atoms with Gasteiger partial charge in [0.05, 0.1) is 5.52 Å². The highest BCUT2D eigenvalue weighted by atomic mass is 35.5. The van der Waals surface area contributed by atoms with Gasteiger partial charge >= 0.3 is 0 Å². The molecule has 0 atom stereocenters. The molecule has 0 aliphatic carbocycles. The van der Waals surface area contributed by atoms with Crippen molar-refractivity contribution in [3.63, 3.8) is 0 Å². The average molecular weight is 238 g/mol. The zero-order chi connectivity index (χ0) is 11.9. The number of nitrogens with zero attached hydrogens (tertiary/aromatic N) is 2. The first-order chi connectivity index (χ1) is 7.43. The van der Waals surface area contributed by atoms with Crippen LogP contribution in [0.1, 0.15) is 32.2 Å². The highest BCUT2D eigenvalue weighted by Gasteiger charge is 2.21. The van der Waals surface area contributed by atoms with Gasteiger partial charge in [-0.25, -0.2) is 4.98 Å². The van der Waals surface area contributed by atoms with E-state index in [0.717, 1.165) is 16.9 Å². The monoisotopic (exact) mass is 237 g/mol. The van der Waals surface area contributed by atoms with Crippen LogP contribution in [-0.4, -0.2) is 9.38 Å². The van der Waals surface area contributed by atoms with E-state index in [1.807, 2.05) is 22.7 Å². The molecule has 0 aromatic carbocycles. The molecule has 86 valence electrons. The van der Waals surface area contributed by atoms with Crippen LogP contribution in [0.4, 0.5) is 0 Å². The van der Waals surface area contributed by atoms with Crippen LogP contribution in [0.3, 0.4) is 0 Å². The Kier molecular flexibility index (Phi) is 2.68. The number of rotatable bonds is 1. The van der Waals surface area contributed by atoms with Gasteiger partial charge in [0.25, 0.3) is 0 Å². The molecule has 16 heavy (non-hydrogen) atoms. The van der Waals surface area contributed by atoms with Crippen LogP contribution in [0, 0.1) is 0 Å². The lowest BCUT2D eigenvalue weighted by Crippen LogP contribution is -2.16. The molecule has 2 heterocycles. The highest BCUT2D eigenvalue weighted by molar-refractivity contribution is 6.32. The molecule has 0 bridgehead atoms. The minimum absolute atomic E-state index is 0.0384. The van der Waals surface area contributed by atoms with Crippen LogP contribution in [0.25, 0.3) is 5.52 Å². The van der Waals surface area contributed by atoms with E-state index in [1.54, 1.807) is 0 Å². The van der Waals surface area contributed by atoms with Crippen molar-refractivity contribution >= 4 is 17.1 Å². The van der Waals surface area contributed by atoms with Crippen LogP contribution >= 0.6 is 11.6 Å². The molecule has 0 fully saturated rings. The fourth-order valence-electron chi connectivity index (χ4n) is 1.74. The van der Waals surface area contributed by atoms with Crippen LogP contribution in [0.2, 0.25) is 5.15 Å². The smallest absolute Gasteiger partial charge is 0.155 e. The molecule has 0 aliphatic heterocycles. The van der Waals surface area contributed by atoms with Crippen molar-refractivity contribution in [2.45, 2.75) is 32.7 Å². The predicted octanol–water partition coefficient (Wildman–Crippen LogP) is 2.74. The fraction of sp³-hybridized carbons (Fsp3) is 0.417. The topological polar surface area (TPSA) is 43.3 Å². The summed E-state index contributed by atoms with van der Waals surface area (Å²) in [5, 5.41) is 0.550. The van der Waals surface area contributed by atoms with Crippen molar-refractivity contribution in [2.24, 2.45) is 5.73 Å². The standard InChI is InChI=1S/C12H16ClN3/c1-12(2,3)11-15-10(13)9-5-4-8(6-14)7-16(9)11/h4-5,7H,6,14H2,1-3H3. The van der Waals surface area contributed by atoms with Crippen molar-refractivity contribution in [2.75, 3.05) is 0 Å². The van der Waals surface area contributed by atoms with E-state index in [1.165, 1.54) is 0 Å². The molecule has 0 spiro atoms. The SMILES string of the molecule is CC(C)(C)c1nc(Cl)c2ccc(CN)cn12. The lowest BCUT2D eigenvalue weighted by molar-refractivity contribution is 0.542. The molecule has 0 saturated carbocycles. The molecule has 3 nitrogen and oxygen atoms in total. The Hall–Kier alpha value is -1.06. The number of nitrogens with two attached hydrogens (primary N) is 1. The minimum Gasteiger partial charge on any atom is -0.326 e. The summed E-state index contributed by atoms with van der Waals surface area (Å²) < 4.78 is 2.03. The number of hydrogen-bond donors (Lipinski definition) is 1. The van der Waals surface area contributed by atoms with E-state index in [4.69, 9.17) is 17.3 Å². The second-order valence-corrected chi connectivity index (χ2v) is 5.33. The molecule has 0 unspecified atom stereocenters. The van der Waals surface area contributed by atoms with Gasteiger partial charge in [-0.1, -0.05) is 38.4 Å². The Morgan fingerprint density at radius 1 is 1.38 bits per heavy atom. The fourth-order valence-corrected chi connectivity index (χ4v) is 1.98. The molecule has 0 amide bonds. The molecule has 2 N–H and O–H groups in total. The summed E-state index contributed by atoms with van der Waals surface area (Å²) >= 11 is 6.12. The first-order valence-electron chi connectivity index (χ1n) is 5.30. The molecular formula is C12H16ClN3. The maximum absolute atomic E-state index is 6.12. The van der Waals surface area contributed by atoms with Crippen molar-refractivity contribution in [3.8, 4) is 0 Å². The number of aromatic nitrogens is 2. The van der Waals surface area contributed by atoms with Gasteiger partial charge in [0.15, 0.2) is 5.15 Å². The minimum atomic E-state index is -0.0384. The quantitative estimate of drug-likeness (QED) is 0.829. The van der Waals surface area contributed by atoms with Crippen LogP contribution < -0.4 is 5.73 Å². The van der Waals surface area contributed by atoms with Crippen molar-refractivity contribution in [1.29, 1.82) is 0 Å². The van der Waals surface area contributed by atoms with E-state index in [0.29, 0.717) is 11.7 Å². The normalized spacial score (nSPS) is 12.3. The number of halogens is 1. The molecule has 4 heteroatoms. The Labute approximate surface area is 100 Å². The summed E-state index contributed by atoms with van der Waals surface area (Å²) in [6, 6.07) is 3.95. The van der Waals surface area contributed by atoms with Gasteiger partial charge in [-0.3, -0.25) is 0 Å². The van der Waals surface area contributed by atoms with Crippen LogP contribution in [-0.2, 0) is 12.0 Å². The third-order valence-corrected chi connectivity index (χ3v) is 2.84. The Morgan fingerprint density at radius 2 is 2.06 bits per heavy atom. The molecule has 2 aromatic heterocycles. The Morgan fingerprint density at radius 3 is 2.62 bits per heavy atom. The maximum Gasteiger partial charge on any atom is 0.155 e. The molecular weight excluding hydrogens is 222 g/mol. The van der Waals surface area contributed by atoms with Crippen LogP contribution in [0.15, 0.2) is 18.3 Å². The summed E-state index contributed by atoms with van der Waals surface area (Å²) in [7, 11) is 0. The highest BCUT2D eigenvalue weighted by Crippen LogP contribution is 2.27. The zero-order valence-electron chi connectivity index (χ0n) is 9.79. The molecule has 2 rings (SSSR count). The van der Waals surface area contributed by atoms with Gasteiger partial charge in [-0.05, 0) is 11.6 Å². The third kappa shape index (κ3) is 1.81. The summed E-state index contributed by atoms with van der Waals surface area (Å²) in [4.78, 5) is 4.42. The van der Waals surface area contributed by atoms with Gasteiger partial charge in [-0.15, -0.1) is 0 Å². The maximum atomic E-state index is 6.12. The van der Waals surface area contributed by atoms with Gasteiger partial charge in [0, 0.05) is 18.2 Å². The summed E-state index contributed by atoms with van der Waals surface area (Å²) in [6.07, 6.45) is 2.01. The van der Waals surface area contributed by atoms with Gasteiger partial charge in [-0.2, -0.15) is 0 Å². The third-order valence-electron chi connectivity index (χ3n) is 2.56.